The fourth-order valence-electron chi connectivity index (χ4n) is 2.15. The molecule has 2 aromatic heterocycles. The zero-order chi connectivity index (χ0) is 13.8. The van der Waals surface area contributed by atoms with Crippen molar-refractivity contribution in [1.29, 1.82) is 0 Å². The normalized spacial score (nSPS) is 12.4. The van der Waals surface area contributed by atoms with E-state index in [0.717, 1.165) is 6.42 Å². The van der Waals surface area contributed by atoms with Gasteiger partial charge in [-0.2, -0.15) is 0 Å². The number of benzene rings is 1. The first-order valence-corrected chi connectivity index (χ1v) is 6.51. The minimum absolute atomic E-state index is 0.104. The quantitative estimate of drug-likeness (QED) is 0.724. The van der Waals surface area contributed by atoms with E-state index in [1.165, 1.54) is 5.56 Å². The van der Waals surface area contributed by atoms with Crippen LogP contribution in [0.25, 0.3) is 5.65 Å². The van der Waals surface area contributed by atoms with E-state index in [1.807, 2.05) is 28.8 Å². The van der Waals surface area contributed by atoms with Crippen molar-refractivity contribution in [3.05, 3.63) is 54.6 Å². The molecule has 0 spiro atoms. The Balaban J connectivity index is 1.79. The SMILES string of the molecule is NCC(Cc1ccccc1)Nc1nccn2cnnc12. The number of anilines is 1. The summed E-state index contributed by atoms with van der Waals surface area (Å²) in [5, 5.41) is 11.3. The van der Waals surface area contributed by atoms with Gasteiger partial charge in [-0.05, 0) is 12.0 Å². The third-order valence-corrected chi connectivity index (χ3v) is 3.17. The number of nitrogens with zero attached hydrogens (tertiary/aromatic N) is 4. The Hall–Kier alpha value is -2.47. The maximum atomic E-state index is 5.85. The molecule has 0 saturated heterocycles. The van der Waals surface area contributed by atoms with E-state index in [4.69, 9.17) is 5.73 Å². The van der Waals surface area contributed by atoms with Crippen LogP contribution in [0.1, 0.15) is 5.56 Å². The van der Waals surface area contributed by atoms with Crippen molar-refractivity contribution in [2.24, 2.45) is 5.73 Å². The zero-order valence-electron chi connectivity index (χ0n) is 11.0. The first-order valence-electron chi connectivity index (χ1n) is 6.51. The Morgan fingerprint density at radius 2 is 2.10 bits per heavy atom. The van der Waals surface area contributed by atoms with E-state index in [1.54, 1.807) is 12.5 Å². The molecule has 0 radical (unpaired) electrons. The highest BCUT2D eigenvalue weighted by molar-refractivity contribution is 5.61. The van der Waals surface area contributed by atoms with Crippen LogP contribution in [-0.4, -0.2) is 32.2 Å². The van der Waals surface area contributed by atoms with Gasteiger partial charge >= 0.3 is 0 Å². The molecule has 6 heteroatoms. The van der Waals surface area contributed by atoms with Crippen molar-refractivity contribution in [3.8, 4) is 0 Å². The van der Waals surface area contributed by atoms with Crippen LogP contribution in [0.3, 0.4) is 0 Å². The maximum Gasteiger partial charge on any atom is 0.203 e. The Labute approximate surface area is 116 Å². The van der Waals surface area contributed by atoms with E-state index in [-0.39, 0.29) is 6.04 Å². The number of hydrogen-bond donors (Lipinski definition) is 2. The Bertz CT molecular complexity index is 678. The average molecular weight is 268 g/mol. The van der Waals surface area contributed by atoms with Gasteiger partial charge in [-0.3, -0.25) is 4.40 Å². The van der Waals surface area contributed by atoms with Gasteiger partial charge in [0.25, 0.3) is 0 Å². The van der Waals surface area contributed by atoms with Gasteiger partial charge in [0.1, 0.15) is 6.33 Å². The number of fused-ring (bicyclic) bond motifs is 1. The molecule has 0 aliphatic rings. The Morgan fingerprint density at radius 3 is 2.90 bits per heavy atom. The molecule has 6 nitrogen and oxygen atoms in total. The summed E-state index contributed by atoms with van der Waals surface area (Å²) in [5.41, 5.74) is 7.80. The van der Waals surface area contributed by atoms with Crippen molar-refractivity contribution < 1.29 is 0 Å². The lowest BCUT2D eigenvalue weighted by Gasteiger charge is -2.17. The van der Waals surface area contributed by atoms with Gasteiger partial charge < -0.3 is 11.1 Å². The molecule has 2 heterocycles. The molecule has 102 valence electrons. The predicted octanol–water partition coefficient (Wildman–Crippen LogP) is 1.11. The van der Waals surface area contributed by atoms with Crippen LogP contribution in [0.2, 0.25) is 0 Å². The van der Waals surface area contributed by atoms with E-state index >= 15 is 0 Å². The number of hydrogen-bond acceptors (Lipinski definition) is 5. The van der Waals surface area contributed by atoms with Crippen LogP contribution >= 0.6 is 0 Å². The minimum atomic E-state index is 0.104. The lowest BCUT2D eigenvalue weighted by Crippen LogP contribution is -2.31. The summed E-state index contributed by atoms with van der Waals surface area (Å²) in [6.07, 6.45) is 6.02. The summed E-state index contributed by atoms with van der Waals surface area (Å²) < 4.78 is 1.82. The largest absolute Gasteiger partial charge is 0.363 e. The maximum absolute atomic E-state index is 5.85. The summed E-state index contributed by atoms with van der Waals surface area (Å²) in [6, 6.07) is 10.4. The standard InChI is InChI=1S/C14H16N6/c15-9-12(8-11-4-2-1-3-5-11)18-13-14-19-17-10-20(14)7-6-16-13/h1-7,10,12H,8-9,15H2,(H,16,18). The molecule has 0 fully saturated rings. The monoisotopic (exact) mass is 268 g/mol. The molecule has 1 unspecified atom stereocenters. The molecule has 0 saturated carbocycles. The minimum Gasteiger partial charge on any atom is -0.363 e. The summed E-state index contributed by atoms with van der Waals surface area (Å²) >= 11 is 0. The first-order chi connectivity index (χ1) is 9.86. The van der Waals surface area contributed by atoms with Crippen LogP contribution < -0.4 is 11.1 Å². The van der Waals surface area contributed by atoms with Crippen molar-refractivity contribution >= 4 is 11.5 Å². The molecule has 0 bridgehead atoms. The lowest BCUT2D eigenvalue weighted by atomic mass is 10.1. The molecule has 1 aromatic carbocycles. The molecular weight excluding hydrogens is 252 g/mol. The Kier molecular flexibility index (Phi) is 3.56. The van der Waals surface area contributed by atoms with Crippen LogP contribution in [0.5, 0.6) is 0 Å². The van der Waals surface area contributed by atoms with Crippen molar-refractivity contribution in [3.63, 3.8) is 0 Å². The molecule has 0 aliphatic heterocycles. The van der Waals surface area contributed by atoms with E-state index in [0.29, 0.717) is 18.0 Å². The number of nitrogens with one attached hydrogen (secondary N) is 1. The second-order valence-electron chi connectivity index (χ2n) is 4.60. The second-order valence-corrected chi connectivity index (χ2v) is 4.60. The molecule has 0 aliphatic carbocycles. The predicted molar refractivity (Wildman–Crippen MR) is 77.4 cm³/mol. The van der Waals surface area contributed by atoms with Crippen LogP contribution in [0.15, 0.2) is 49.1 Å². The highest BCUT2D eigenvalue weighted by Gasteiger charge is 2.11. The smallest absolute Gasteiger partial charge is 0.203 e. The number of rotatable bonds is 5. The first kappa shape index (κ1) is 12.6. The fraction of sp³-hybridized carbons (Fsp3) is 0.214. The van der Waals surface area contributed by atoms with Crippen LogP contribution in [0.4, 0.5) is 5.82 Å². The highest BCUT2D eigenvalue weighted by atomic mass is 15.2. The van der Waals surface area contributed by atoms with Gasteiger partial charge in [0.05, 0.1) is 0 Å². The fourth-order valence-corrected chi connectivity index (χ4v) is 2.15. The summed E-state index contributed by atoms with van der Waals surface area (Å²) in [6.45, 7) is 0.520. The molecule has 1 atom stereocenters. The summed E-state index contributed by atoms with van der Waals surface area (Å²) in [4.78, 5) is 4.32. The summed E-state index contributed by atoms with van der Waals surface area (Å²) in [5.74, 6) is 0.705. The third-order valence-electron chi connectivity index (χ3n) is 3.17. The number of nitrogens with two attached hydrogens (primary N) is 1. The van der Waals surface area contributed by atoms with Crippen LogP contribution in [0, 0.1) is 0 Å². The average Bonchev–Trinajstić information content (AvgIpc) is 2.97. The van der Waals surface area contributed by atoms with Crippen molar-refractivity contribution in [2.75, 3.05) is 11.9 Å². The molecular formula is C14H16N6. The van der Waals surface area contributed by atoms with Gasteiger partial charge in [0, 0.05) is 25.0 Å². The molecule has 3 rings (SSSR count). The van der Waals surface area contributed by atoms with Crippen LogP contribution in [-0.2, 0) is 6.42 Å². The molecule has 0 amide bonds. The van der Waals surface area contributed by atoms with Gasteiger partial charge in [-0.1, -0.05) is 30.3 Å². The topological polar surface area (TPSA) is 81.1 Å². The van der Waals surface area contributed by atoms with Gasteiger partial charge in [0.15, 0.2) is 5.82 Å². The molecule has 3 aromatic rings. The molecule has 20 heavy (non-hydrogen) atoms. The van der Waals surface area contributed by atoms with Gasteiger partial charge in [0.2, 0.25) is 5.65 Å². The van der Waals surface area contributed by atoms with Gasteiger partial charge in [-0.15, -0.1) is 10.2 Å². The zero-order valence-corrected chi connectivity index (χ0v) is 11.0. The van der Waals surface area contributed by atoms with E-state index < -0.39 is 0 Å². The summed E-state index contributed by atoms with van der Waals surface area (Å²) in [7, 11) is 0. The molecule has 3 N–H and O–H groups in total. The number of aromatic nitrogens is 4. The Morgan fingerprint density at radius 1 is 1.25 bits per heavy atom. The lowest BCUT2D eigenvalue weighted by molar-refractivity contribution is 0.720. The van der Waals surface area contributed by atoms with Crippen molar-refractivity contribution in [2.45, 2.75) is 12.5 Å². The third kappa shape index (κ3) is 2.60. The van der Waals surface area contributed by atoms with Gasteiger partial charge in [-0.25, -0.2) is 4.98 Å². The highest BCUT2D eigenvalue weighted by Crippen LogP contribution is 2.13. The van der Waals surface area contributed by atoms with Crippen molar-refractivity contribution in [1.82, 2.24) is 19.6 Å². The second kappa shape index (κ2) is 5.66. The van der Waals surface area contributed by atoms with E-state index in [9.17, 15) is 0 Å². The van der Waals surface area contributed by atoms with E-state index in [2.05, 4.69) is 32.6 Å².